The summed E-state index contributed by atoms with van der Waals surface area (Å²) in [5.41, 5.74) is 4.90. The van der Waals surface area contributed by atoms with E-state index >= 15 is 0 Å². The van der Waals surface area contributed by atoms with Crippen molar-refractivity contribution in [2.24, 2.45) is 5.10 Å². The maximum Gasteiger partial charge on any atom is 0.343 e. The first-order valence-electron chi connectivity index (χ1n) is 9.72. The number of ether oxygens (including phenoxy) is 2. The van der Waals surface area contributed by atoms with Gasteiger partial charge in [-0.05, 0) is 61.5 Å². The molecule has 1 N–H and O–H groups in total. The zero-order chi connectivity index (χ0) is 22.9. The first-order chi connectivity index (χ1) is 15.5. The third-order valence-corrected chi connectivity index (χ3v) is 4.81. The summed E-state index contributed by atoms with van der Waals surface area (Å²) in [6.07, 6.45) is 3.06. The Labute approximate surface area is 194 Å². The van der Waals surface area contributed by atoms with Gasteiger partial charge in [-0.2, -0.15) is 5.10 Å². The first kappa shape index (κ1) is 23.0. The second kappa shape index (κ2) is 11.1. The van der Waals surface area contributed by atoms with Crippen molar-refractivity contribution >= 4 is 34.0 Å². The topological polar surface area (TPSA) is 77.0 Å². The van der Waals surface area contributed by atoms with Crippen LogP contribution in [0.25, 0.3) is 0 Å². The Balaban J connectivity index is 1.67. The second-order valence-corrected chi connectivity index (χ2v) is 7.68. The number of aryl methyl sites for hydroxylation is 1. The van der Waals surface area contributed by atoms with Gasteiger partial charge < -0.3 is 9.47 Å². The molecule has 1 amide bonds. The van der Waals surface area contributed by atoms with E-state index in [1.165, 1.54) is 6.21 Å². The first-order valence-corrected chi connectivity index (χ1v) is 10.5. The zero-order valence-corrected chi connectivity index (χ0v) is 19.0. The van der Waals surface area contributed by atoms with Crippen LogP contribution in [-0.2, 0) is 0 Å². The molecule has 3 rings (SSSR count). The predicted molar refractivity (Wildman–Crippen MR) is 127 cm³/mol. The van der Waals surface area contributed by atoms with Gasteiger partial charge in [0.05, 0.1) is 11.8 Å². The standard InChI is InChI=1S/C25H21BrN2O4/c1-3-14-31-22-11-8-18(9-12-22)24(29)28-27-16-20-15-21(26)10-13-23(20)32-25(30)19-6-4-17(2)5-7-19/h3-13,15-16H,1,14H2,2H3,(H,28,29). The van der Waals surface area contributed by atoms with Gasteiger partial charge >= 0.3 is 5.97 Å². The van der Waals surface area contributed by atoms with Crippen molar-refractivity contribution in [2.75, 3.05) is 6.61 Å². The average Bonchev–Trinajstić information content (AvgIpc) is 2.80. The number of nitrogens with one attached hydrogen (secondary N) is 1. The average molecular weight is 493 g/mol. The lowest BCUT2D eigenvalue weighted by atomic mass is 10.1. The lowest BCUT2D eigenvalue weighted by Gasteiger charge is -2.08. The Kier molecular flexibility index (Phi) is 7.94. The van der Waals surface area contributed by atoms with Gasteiger partial charge in [-0.25, -0.2) is 10.2 Å². The van der Waals surface area contributed by atoms with E-state index in [2.05, 4.69) is 33.0 Å². The summed E-state index contributed by atoms with van der Waals surface area (Å²) in [4.78, 5) is 24.8. The molecular weight excluding hydrogens is 472 g/mol. The number of nitrogens with zero attached hydrogens (tertiary/aromatic N) is 1. The fraction of sp³-hybridized carbons (Fsp3) is 0.0800. The molecule has 32 heavy (non-hydrogen) atoms. The molecule has 0 saturated carbocycles. The largest absolute Gasteiger partial charge is 0.490 e. The maximum atomic E-state index is 12.5. The fourth-order valence-electron chi connectivity index (χ4n) is 2.64. The van der Waals surface area contributed by atoms with Crippen molar-refractivity contribution in [3.63, 3.8) is 0 Å². The highest BCUT2D eigenvalue weighted by atomic mass is 79.9. The molecule has 0 atom stereocenters. The van der Waals surface area contributed by atoms with Crippen molar-refractivity contribution in [2.45, 2.75) is 6.92 Å². The molecule has 6 nitrogen and oxygen atoms in total. The molecule has 0 bridgehead atoms. The van der Waals surface area contributed by atoms with E-state index in [0.29, 0.717) is 34.8 Å². The summed E-state index contributed by atoms with van der Waals surface area (Å²) < 4.78 is 11.7. The summed E-state index contributed by atoms with van der Waals surface area (Å²) in [6.45, 7) is 5.92. The number of carbonyl (C=O) groups is 2. The van der Waals surface area contributed by atoms with Crippen LogP contribution in [-0.4, -0.2) is 24.7 Å². The third-order valence-electron chi connectivity index (χ3n) is 4.32. The summed E-state index contributed by atoms with van der Waals surface area (Å²) >= 11 is 3.39. The highest BCUT2D eigenvalue weighted by Gasteiger charge is 2.12. The predicted octanol–water partition coefficient (Wildman–Crippen LogP) is 5.31. The van der Waals surface area contributed by atoms with Gasteiger partial charge in [-0.15, -0.1) is 0 Å². The maximum absolute atomic E-state index is 12.5. The summed E-state index contributed by atoms with van der Waals surface area (Å²) in [7, 11) is 0. The lowest BCUT2D eigenvalue weighted by molar-refractivity contribution is 0.0734. The molecule has 0 heterocycles. The van der Waals surface area contributed by atoms with E-state index < -0.39 is 5.97 Å². The van der Waals surface area contributed by atoms with Crippen LogP contribution in [0.15, 0.2) is 89.0 Å². The molecule has 0 saturated heterocycles. The normalized spacial score (nSPS) is 10.6. The number of hydrazone groups is 1. The number of carbonyl (C=O) groups excluding carboxylic acids is 2. The molecule has 0 aliphatic carbocycles. The van der Waals surface area contributed by atoms with Gasteiger partial charge in [-0.1, -0.05) is 46.3 Å². The molecule has 3 aromatic rings. The minimum absolute atomic E-state index is 0.320. The van der Waals surface area contributed by atoms with Crippen LogP contribution in [0.5, 0.6) is 11.5 Å². The number of rotatable bonds is 8. The summed E-state index contributed by atoms with van der Waals surface area (Å²) in [5, 5.41) is 4.00. The molecule has 0 aromatic heterocycles. The van der Waals surface area contributed by atoms with Crippen LogP contribution < -0.4 is 14.9 Å². The molecule has 162 valence electrons. The van der Waals surface area contributed by atoms with E-state index in [1.807, 2.05) is 19.1 Å². The van der Waals surface area contributed by atoms with Gasteiger partial charge in [0.15, 0.2) is 0 Å². The number of hydrogen-bond acceptors (Lipinski definition) is 5. The van der Waals surface area contributed by atoms with Crippen molar-refractivity contribution in [1.29, 1.82) is 0 Å². The van der Waals surface area contributed by atoms with Crippen molar-refractivity contribution in [3.05, 3.63) is 106 Å². The van der Waals surface area contributed by atoms with Gasteiger partial charge in [0.1, 0.15) is 18.1 Å². The van der Waals surface area contributed by atoms with Crippen molar-refractivity contribution in [3.8, 4) is 11.5 Å². The van der Waals surface area contributed by atoms with Crippen LogP contribution in [0, 0.1) is 6.92 Å². The van der Waals surface area contributed by atoms with E-state index in [9.17, 15) is 9.59 Å². The zero-order valence-electron chi connectivity index (χ0n) is 17.4. The molecule has 0 aliphatic heterocycles. The van der Waals surface area contributed by atoms with Crippen LogP contribution >= 0.6 is 15.9 Å². The van der Waals surface area contributed by atoms with Crippen LogP contribution in [0.1, 0.15) is 31.8 Å². The quantitative estimate of drug-likeness (QED) is 0.152. The van der Waals surface area contributed by atoms with Crippen molar-refractivity contribution < 1.29 is 19.1 Å². The Morgan fingerprint density at radius 2 is 1.72 bits per heavy atom. The molecule has 0 radical (unpaired) electrons. The molecule has 3 aromatic carbocycles. The highest BCUT2D eigenvalue weighted by Crippen LogP contribution is 2.23. The number of amides is 1. The Morgan fingerprint density at radius 1 is 1.03 bits per heavy atom. The number of hydrogen-bond donors (Lipinski definition) is 1. The minimum Gasteiger partial charge on any atom is -0.490 e. The smallest absolute Gasteiger partial charge is 0.343 e. The molecule has 0 aliphatic rings. The number of halogens is 1. The van der Waals surface area contributed by atoms with E-state index in [0.717, 1.165) is 10.0 Å². The Bertz CT molecular complexity index is 1140. The number of benzene rings is 3. The van der Waals surface area contributed by atoms with Crippen LogP contribution in [0.3, 0.4) is 0 Å². The lowest BCUT2D eigenvalue weighted by Crippen LogP contribution is -2.17. The second-order valence-electron chi connectivity index (χ2n) is 6.76. The SMILES string of the molecule is C=CCOc1ccc(C(=O)NN=Cc2cc(Br)ccc2OC(=O)c2ccc(C)cc2)cc1. The summed E-state index contributed by atoms with van der Waals surface area (Å²) in [5.74, 6) is 0.0918. The Morgan fingerprint density at radius 3 is 2.41 bits per heavy atom. The molecule has 0 unspecified atom stereocenters. The van der Waals surface area contributed by atoms with E-state index in [4.69, 9.17) is 9.47 Å². The highest BCUT2D eigenvalue weighted by molar-refractivity contribution is 9.10. The minimum atomic E-state index is -0.482. The Hall–Kier alpha value is -3.71. The molecule has 7 heteroatoms. The van der Waals surface area contributed by atoms with Gasteiger partial charge in [0, 0.05) is 15.6 Å². The van der Waals surface area contributed by atoms with Gasteiger partial charge in [-0.3, -0.25) is 4.79 Å². The monoisotopic (exact) mass is 492 g/mol. The van der Waals surface area contributed by atoms with E-state index in [1.54, 1.807) is 60.7 Å². The van der Waals surface area contributed by atoms with Gasteiger partial charge in [0.2, 0.25) is 0 Å². The number of esters is 1. The van der Waals surface area contributed by atoms with Crippen molar-refractivity contribution in [1.82, 2.24) is 5.43 Å². The van der Waals surface area contributed by atoms with Crippen LogP contribution in [0.2, 0.25) is 0 Å². The van der Waals surface area contributed by atoms with E-state index in [-0.39, 0.29) is 5.91 Å². The molecule has 0 spiro atoms. The fourth-order valence-corrected chi connectivity index (χ4v) is 3.02. The van der Waals surface area contributed by atoms with Gasteiger partial charge in [0.25, 0.3) is 5.91 Å². The third kappa shape index (κ3) is 6.39. The summed E-state index contributed by atoms with van der Waals surface area (Å²) in [6, 6.07) is 18.9. The molecular formula is C25H21BrN2O4. The van der Waals surface area contributed by atoms with Crippen LogP contribution in [0.4, 0.5) is 0 Å². The molecule has 0 fully saturated rings.